The van der Waals surface area contributed by atoms with E-state index in [1.54, 1.807) is 0 Å². The first-order valence-corrected chi connectivity index (χ1v) is 7.65. The van der Waals surface area contributed by atoms with Crippen LogP contribution < -0.4 is 5.32 Å². The molecule has 0 amide bonds. The summed E-state index contributed by atoms with van der Waals surface area (Å²) >= 11 is 0. The highest BCUT2D eigenvalue weighted by Crippen LogP contribution is 2.30. The quantitative estimate of drug-likeness (QED) is 0.864. The van der Waals surface area contributed by atoms with Crippen molar-refractivity contribution in [2.24, 2.45) is 0 Å². The summed E-state index contributed by atoms with van der Waals surface area (Å²) in [7, 11) is 0. The molecule has 0 saturated heterocycles. The van der Waals surface area contributed by atoms with Gasteiger partial charge in [-0.1, -0.05) is 24.6 Å². The maximum Gasteiger partial charge on any atom is 0.138 e. The Labute approximate surface area is 119 Å². The molecule has 1 aromatic heterocycles. The van der Waals surface area contributed by atoms with E-state index in [0.29, 0.717) is 5.92 Å². The van der Waals surface area contributed by atoms with E-state index in [4.69, 9.17) is 0 Å². The van der Waals surface area contributed by atoms with Crippen LogP contribution in [-0.2, 0) is 19.4 Å². The van der Waals surface area contributed by atoms with Gasteiger partial charge in [0.1, 0.15) is 11.6 Å². The number of nitrogens with one attached hydrogen (secondary N) is 1. The van der Waals surface area contributed by atoms with E-state index >= 15 is 0 Å². The lowest BCUT2D eigenvalue weighted by Crippen LogP contribution is -2.24. The highest BCUT2D eigenvalue weighted by molar-refractivity contribution is 5.54. The van der Waals surface area contributed by atoms with Crippen LogP contribution in [0, 0.1) is 0 Å². The Morgan fingerprint density at radius 1 is 1.10 bits per heavy atom. The molecule has 4 nitrogen and oxygen atoms in total. The summed E-state index contributed by atoms with van der Waals surface area (Å²) in [4.78, 5) is 0. The third kappa shape index (κ3) is 1.99. The van der Waals surface area contributed by atoms with Gasteiger partial charge < -0.3 is 9.88 Å². The predicted molar refractivity (Wildman–Crippen MR) is 79.0 cm³/mol. The Morgan fingerprint density at radius 3 is 3.05 bits per heavy atom. The first-order chi connectivity index (χ1) is 9.92. The fourth-order valence-electron chi connectivity index (χ4n) is 3.43. The zero-order chi connectivity index (χ0) is 13.4. The van der Waals surface area contributed by atoms with E-state index in [0.717, 1.165) is 25.9 Å². The molecule has 2 aromatic rings. The van der Waals surface area contributed by atoms with E-state index in [1.807, 2.05) is 0 Å². The van der Waals surface area contributed by atoms with Crippen LogP contribution in [0.5, 0.6) is 0 Å². The monoisotopic (exact) mass is 268 g/mol. The number of hydrogen-bond acceptors (Lipinski definition) is 3. The van der Waals surface area contributed by atoms with Crippen LogP contribution in [0.1, 0.15) is 42.4 Å². The van der Waals surface area contributed by atoms with Gasteiger partial charge in [0.2, 0.25) is 0 Å². The molecular formula is C16H20N4. The fourth-order valence-corrected chi connectivity index (χ4v) is 3.43. The lowest BCUT2D eigenvalue weighted by Gasteiger charge is -2.26. The Bertz CT molecular complexity index is 617. The van der Waals surface area contributed by atoms with E-state index in [-0.39, 0.29) is 0 Å². The molecular weight excluding hydrogens is 248 g/mol. The molecule has 20 heavy (non-hydrogen) atoms. The van der Waals surface area contributed by atoms with Crippen molar-refractivity contribution in [1.82, 2.24) is 14.8 Å². The minimum atomic E-state index is 0.448. The van der Waals surface area contributed by atoms with Crippen LogP contribution in [0.15, 0.2) is 24.3 Å². The number of aryl methyl sites for hydroxylation is 1. The highest BCUT2D eigenvalue weighted by Gasteiger charge is 2.26. The summed E-state index contributed by atoms with van der Waals surface area (Å²) in [6.45, 7) is 2.06. The minimum absolute atomic E-state index is 0.448. The zero-order valence-electron chi connectivity index (χ0n) is 11.7. The third-order valence-corrected chi connectivity index (χ3v) is 4.53. The summed E-state index contributed by atoms with van der Waals surface area (Å²) in [5.41, 5.74) is 2.68. The average molecular weight is 268 g/mol. The number of fused-ring (bicyclic) bond motifs is 2. The molecule has 1 atom stereocenters. The Balaban J connectivity index is 1.65. The molecule has 4 heteroatoms. The van der Waals surface area contributed by atoms with E-state index < -0.39 is 0 Å². The van der Waals surface area contributed by atoms with Gasteiger partial charge in [-0.15, -0.1) is 10.2 Å². The van der Waals surface area contributed by atoms with Crippen molar-refractivity contribution in [3.63, 3.8) is 0 Å². The van der Waals surface area contributed by atoms with Crippen molar-refractivity contribution < 1.29 is 0 Å². The van der Waals surface area contributed by atoms with Gasteiger partial charge in [0, 0.05) is 31.1 Å². The molecule has 1 aromatic carbocycles. The van der Waals surface area contributed by atoms with Gasteiger partial charge in [-0.3, -0.25) is 0 Å². The molecule has 2 aliphatic rings. The molecule has 4 rings (SSSR count). The van der Waals surface area contributed by atoms with Crippen molar-refractivity contribution in [3.8, 4) is 0 Å². The molecule has 1 N–H and O–H groups in total. The summed E-state index contributed by atoms with van der Waals surface area (Å²) in [5, 5.41) is 12.5. The van der Waals surface area contributed by atoms with Crippen LogP contribution in [-0.4, -0.2) is 21.3 Å². The molecule has 0 radical (unpaired) electrons. The SMILES string of the molecule is c1ccc2c(c1)CC(c1nnc3n1CCCCC3)CN2. The van der Waals surface area contributed by atoms with Crippen molar-refractivity contribution in [1.29, 1.82) is 0 Å². The molecule has 0 saturated carbocycles. The van der Waals surface area contributed by atoms with Gasteiger partial charge in [-0.05, 0) is 30.9 Å². The van der Waals surface area contributed by atoms with Crippen LogP contribution in [0.25, 0.3) is 0 Å². The van der Waals surface area contributed by atoms with Gasteiger partial charge in [-0.25, -0.2) is 0 Å². The van der Waals surface area contributed by atoms with Crippen molar-refractivity contribution in [2.45, 2.75) is 44.6 Å². The van der Waals surface area contributed by atoms with E-state index in [2.05, 4.69) is 44.3 Å². The molecule has 1 unspecified atom stereocenters. The van der Waals surface area contributed by atoms with Gasteiger partial charge in [0.15, 0.2) is 0 Å². The number of nitrogens with zero attached hydrogens (tertiary/aromatic N) is 3. The zero-order valence-corrected chi connectivity index (χ0v) is 11.7. The molecule has 0 fully saturated rings. The highest BCUT2D eigenvalue weighted by atomic mass is 15.3. The van der Waals surface area contributed by atoms with E-state index in [1.165, 1.54) is 42.2 Å². The lowest BCUT2D eigenvalue weighted by atomic mass is 9.93. The van der Waals surface area contributed by atoms with Crippen molar-refractivity contribution in [3.05, 3.63) is 41.5 Å². The number of para-hydroxylation sites is 1. The van der Waals surface area contributed by atoms with Crippen molar-refractivity contribution >= 4 is 5.69 Å². The van der Waals surface area contributed by atoms with Gasteiger partial charge >= 0.3 is 0 Å². The first-order valence-electron chi connectivity index (χ1n) is 7.65. The number of benzene rings is 1. The van der Waals surface area contributed by atoms with Crippen LogP contribution in [0.3, 0.4) is 0 Å². The van der Waals surface area contributed by atoms with E-state index in [9.17, 15) is 0 Å². The number of anilines is 1. The summed E-state index contributed by atoms with van der Waals surface area (Å²) in [6, 6.07) is 8.59. The Morgan fingerprint density at radius 2 is 2.05 bits per heavy atom. The molecule has 104 valence electrons. The number of hydrogen-bond donors (Lipinski definition) is 1. The molecule has 3 heterocycles. The average Bonchev–Trinajstić information content (AvgIpc) is 2.75. The second-order valence-corrected chi connectivity index (χ2v) is 5.88. The number of aromatic nitrogens is 3. The first kappa shape index (κ1) is 11.9. The second kappa shape index (κ2) is 4.93. The van der Waals surface area contributed by atoms with Gasteiger partial charge in [0.05, 0.1) is 0 Å². The maximum absolute atomic E-state index is 4.51. The molecule has 0 aliphatic carbocycles. The second-order valence-electron chi connectivity index (χ2n) is 5.88. The maximum atomic E-state index is 4.51. The van der Waals surface area contributed by atoms with Crippen LogP contribution in [0.2, 0.25) is 0 Å². The largest absolute Gasteiger partial charge is 0.384 e. The summed E-state index contributed by atoms with van der Waals surface area (Å²) in [5.74, 6) is 2.82. The fraction of sp³-hybridized carbons (Fsp3) is 0.500. The summed E-state index contributed by atoms with van der Waals surface area (Å²) < 4.78 is 2.38. The predicted octanol–water partition coefficient (Wildman–Crippen LogP) is 2.76. The Kier molecular flexibility index (Phi) is 2.94. The smallest absolute Gasteiger partial charge is 0.138 e. The Hall–Kier alpha value is -1.84. The van der Waals surface area contributed by atoms with Gasteiger partial charge in [0.25, 0.3) is 0 Å². The lowest BCUT2D eigenvalue weighted by molar-refractivity contribution is 0.554. The number of rotatable bonds is 1. The normalized spacial score (nSPS) is 21.5. The topological polar surface area (TPSA) is 42.7 Å². The van der Waals surface area contributed by atoms with Crippen LogP contribution in [0.4, 0.5) is 5.69 Å². The standard InChI is InChI=1S/C16H20N4/c1-2-8-15-18-19-16(20(15)9-5-1)13-10-12-6-3-4-7-14(12)17-11-13/h3-4,6-7,13,17H,1-2,5,8-11H2. The third-order valence-electron chi connectivity index (χ3n) is 4.53. The molecule has 2 aliphatic heterocycles. The molecule has 0 spiro atoms. The minimum Gasteiger partial charge on any atom is -0.384 e. The van der Waals surface area contributed by atoms with Crippen LogP contribution >= 0.6 is 0 Å². The van der Waals surface area contributed by atoms with Gasteiger partial charge in [-0.2, -0.15) is 0 Å². The summed E-state index contributed by atoms with van der Waals surface area (Å²) in [6.07, 6.45) is 5.98. The van der Waals surface area contributed by atoms with Crippen molar-refractivity contribution in [2.75, 3.05) is 11.9 Å². The molecule has 0 bridgehead atoms.